The fourth-order valence-electron chi connectivity index (χ4n) is 2.15. The molecule has 0 amide bonds. The van der Waals surface area contributed by atoms with Gasteiger partial charge in [-0.25, -0.2) is 9.37 Å². The Morgan fingerprint density at radius 2 is 2.11 bits per heavy atom. The average Bonchev–Trinajstić information content (AvgIpc) is 2.42. The van der Waals surface area contributed by atoms with Gasteiger partial charge in [0.25, 0.3) is 0 Å². The summed E-state index contributed by atoms with van der Waals surface area (Å²) in [6.07, 6.45) is 2.38. The molecule has 0 fully saturated rings. The zero-order chi connectivity index (χ0) is 12.4. The van der Waals surface area contributed by atoms with E-state index in [1.165, 1.54) is 6.07 Å². The molecular formula is C14H13FN2O. The third-order valence-electron chi connectivity index (χ3n) is 3.03. The summed E-state index contributed by atoms with van der Waals surface area (Å²) in [5, 5.41) is 3.14. The minimum atomic E-state index is -0.332. The number of nitrogens with one attached hydrogen (secondary N) is 1. The Morgan fingerprint density at radius 3 is 3.00 bits per heavy atom. The monoisotopic (exact) mass is 244 g/mol. The first-order valence-corrected chi connectivity index (χ1v) is 5.93. The Balaban J connectivity index is 1.89. The highest BCUT2D eigenvalue weighted by atomic mass is 19.1. The third kappa shape index (κ3) is 2.01. The number of nitrogens with zero attached hydrogens (tertiary/aromatic N) is 1. The van der Waals surface area contributed by atoms with E-state index in [1.807, 2.05) is 24.3 Å². The van der Waals surface area contributed by atoms with Gasteiger partial charge in [0.1, 0.15) is 5.75 Å². The number of fused-ring (bicyclic) bond motifs is 1. The van der Waals surface area contributed by atoms with Crippen LogP contribution in [0.15, 0.2) is 42.6 Å². The number of hydrogen-bond donors (Lipinski definition) is 1. The number of ether oxygens (including phenoxy) is 1. The van der Waals surface area contributed by atoms with Crippen molar-refractivity contribution >= 4 is 5.82 Å². The molecule has 1 unspecified atom stereocenters. The summed E-state index contributed by atoms with van der Waals surface area (Å²) in [6, 6.07) is 10.8. The molecule has 4 heteroatoms. The summed E-state index contributed by atoms with van der Waals surface area (Å²) in [7, 11) is 0. The lowest BCUT2D eigenvalue weighted by molar-refractivity contribution is 0.274. The summed E-state index contributed by atoms with van der Waals surface area (Å²) >= 11 is 0. The molecule has 92 valence electrons. The lowest BCUT2D eigenvalue weighted by atomic mass is 10.0. The SMILES string of the molecule is Fc1cccnc1NC1CCOc2ccccc21. The summed E-state index contributed by atoms with van der Waals surface area (Å²) in [5.41, 5.74) is 1.05. The summed E-state index contributed by atoms with van der Waals surface area (Å²) < 4.78 is 19.1. The molecule has 2 aromatic rings. The summed E-state index contributed by atoms with van der Waals surface area (Å²) in [6.45, 7) is 0.628. The van der Waals surface area contributed by atoms with Crippen LogP contribution in [0.4, 0.5) is 10.2 Å². The van der Waals surface area contributed by atoms with Gasteiger partial charge in [-0.3, -0.25) is 0 Å². The van der Waals surface area contributed by atoms with E-state index in [1.54, 1.807) is 12.3 Å². The van der Waals surface area contributed by atoms with Crippen molar-refractivity contribution in [3.63, 3.8) is 0 Å². The number of pyridine rings is 1. The van der Waals surface area contributed by atoms with Gasteiger partial charge in [-0.2, -0.15) is 0 Å². The molecule has 0 saturated heterocycles. The molecule has 1 aromatic heterocycles. The predicted molar refractivity (Wildman–Crippen MR) is 67.1 cm³/mol. The molecule has 0 saturated carbocycles. The fourth-order valence-corrected chi connectivity index (χ4v) is 2.15. The van der Waals surface area contributed by atoms with Gasteiger partial charge in [-0.1, -0.05) is 18.2 Å². The van der Waals surface area contributed by atoms with Gasteiger partial charge in [0.05, 0.1) is 12.6 Å². The van der Waals surface area contributed by atoms with Crippen LogP contribution in [-0.2, 0) is 0 Å². The first kappa shape index (κ1) is 11.0. The maximum absolute atomic E-state index is 13.6. The van der Waals surface area contributed by atoms with Gasteiger partial charge in [0, 0.05) is 18.2 Å². The standard InChI is InChI=1S/C14H13FN2O/c15-11-5-3-8-16-14(11)17-12-7-9-18-13-6-2-1-4-10(12)13/h1-6,8,12H,7,9H2,(H,16,17). The molecule has 0 aliphatic carbocycles. The molecular weight excluding hydrogens is 231 g/mol. The second-order valence-corrected chi connectivity index (χ2v) is 4.21. The van der Waals surface area contributed by atoms with Crippen LogP contribution in [0.25, 0.3) is 0 Å². The number of benzene rings is 1. The van der Waals surface area contributed by atoms with Crippen molar-refractivity contribution in [2.75, 3.05) is 11.9 Å². The molecule has 2 heterocycles. The van der Waals surface area contributed by atoms with E-state index < -0.39 is 0 Å². The highest BCUT2D eigenvalue weighted by molar-refractivity contribution is 5.44. The Morgan fingerprint density at radius 1 is 1.22 bits per heavy atom. The lowest BCUT2D eigenvalue weighted by Crippen LogP contribution is -2.21. The molecule has 1 aromatic carbocycles. The Bertz CT molecular complexity index is 559. The zero-order valence-electron chi connectivity index (χ0n) is 9.77. The van der Waals surface area contributed by atoms with Gasteiger partial charge in [-0.05, 0) is 18.2 Å². The third-order valence-corrected chi connectivity index (χ3v) is 3.03. The van der Waals surface area contributed by atoms with Crippen LogP contribution >= 0.6 is 0 Å². The molecule has 0 radical (unpaired) electrons. The van der Waals surface area contributed by atoms with Crippen LogP contribution in [-0.4, -0.2) is 11.6 Å². The van der Waals surface area contributed by atoms with Crippen molar-refractivity contribution in [1.82, 2.24) is 4.98 Å². The van der Waals surface area contributed by atoms with Crippen LogP contribution in [0.2, 0.25) is 0 Å². The molecule has 1 aliphatic rings. The van der Waals surface area contributed by atoms with Crippen molar-refractivity contribution in [3.8, 4) is 5.75 Å². The van der Waals surface area contributed by atoms with E-state index >= 15 is 0 Å². The maximum atomic E-state index is 13.6. The quantitative estimate of drug-likeness (QED) is 0.881. The number of anilines is 1. The Hall–Kier alpha value is -2.10. The van der Waals surface area contributed by atoms with Crippen LogP contribution < -0.4 is 10.1 Å². The number of halogens is 1. The topological polar surface area (TPSA) is 34.2 Å². The van der Waals surface area contributed by atoms with Gasteiger partial charge in [0.15, 0.2) is 11.6 Å². The van der Waals surface area contributed by atoms with Crippen molar-refractivity contribution in [2.45, 2.75) is 12.5 Å². The predicted octanol–water partition coefficient (Wildman–Crippen LogP) is 3.16. The fraction of sp³-hybridized carbons (Fsp3) is 0.214. The largest absolute Gasteiger partial charge is 0.493 e. The van der Waals surface area contributed by atoms with Crippen LogP contribution in [0.3, 0.4) is 0 Å². The Labute approximate surface area is 105 Å². The highest BCUT2D eigenvalue weighted by Crippen LogP contribution is 2.33. The first-order valence-electron chi connectivity index (χ1n) is 5.93. The van der Waals surface area contributed by atoms with Gasteiger partial charge in [-0.15, -0.1) is 0 Å². The van der Waals surface area contributed by atoms with E-state index in [0.29, 0.717) is 12.4 Å². The lowest BCUT2D eigenvalue weighted by Gasteiger charge is -2.27. The molecule has 1 aliphatic heterocycles. The number of rotatable bonds is 2. The molecule has 1 N–H and O–H groups in total. The normalized spacial score (nSPS) is 17.7. The van der Waals surface area contributed by atoms with Crippen molar-refractivity contribution in [2.24, 2.45) is 0 Å². The summed E-state index contributed by atoms with van der Waals surface area (Å²) in [5.74, 6) is 0.818. The molecule has 0 bridgehead atoms. The van der Waals surface area contributed by atoms with Crippen molar-refractivity contribution in [1.29, 1.82) is 0 Å². The first-order chi connectivity index (χ1) is 8.84. The number of aromatic nitrogens is 1. The highest BCUT2D eigenvalue weighted by Gasteiger charge is 2.21. The van der Waals surface area contributed by atoms with Crippen LogP contribution in [0.5, 0.6) is 5.75 Å². The molecule has 3 nitrogen and oxygen atoms in total. The minimum Gasteiger partial charge on any atom is -0.493 e. The van der Waals surface area contributed by atoms with Crippen molar-refractivity contribution in [3.05, 3.63) is 54.0 Å². The second-order valence-electron chi connectivity index (χ2n) is 4.21. The maximum Gasteiger partial charge on any atom is 0.165 e. The van der Waals surface area contributed by atoms with Gasteiger partial charge >= 0.3 is 0 Å². The average molecular weight is 244 g/mol. The van der Waals surface area contributed by atoms with Crippen LogP contribution in [0.1, 0.15) is 18.0 Å². The van der Waals surface area contributed by atoms with Crippen LogP contribution in [0, 0.1) is 5.82 Å². The number of para-hydroxylation sites is 1. The molecule has 18 heavy (non-hydrogen) atoms. The van der Waals surface area contributed by atoms with Gasteiger partial charge < -0.3 is 10.1 Å². The minimum absolute atomic E-state index is 0.0411. The molecule has 0 spiro atoms. The molecule has 1 atom stereocenters. The zero-order valence-corrected chi connectivity index (χ0v) is 9.77. The van der Waals surface area contributed by atoms with E-state index in [9.17, 15) is 4.39 Å². The van der Waals surface area contributed by atoms with Crippen molar-refractivity contribution < 1.29 is 9.13 Å². The van der Waals surface area contributed by atoms with E-state index in [4.69, 9.17) is 4.74 Å². The smallest absolute Gasteiger partial charge is 0.165 e. The van der Waals surface area contributed by atoms with Gasteiger partial charge in [0.2, 0.25) is 0 Å². The number of hydrogen-bond acceptors (Lipinski definition) is 3. The Kier molecular flexibility index (Phi) is 2.84. The van der Waals surface area contributed by atoms with E-state index in [2.05, 4.69) is 10.3 Å². The van der Waals surface area contributed by atoms with E-state index in [0.717, 1.165) is 17.7 Å². The van der Waals surface area contributed by atoms with E-state index in [-0.39, 0.29) is 11.9 Å². The summed E-state index contributed by atoms with van der Waals surface area (Å²) in [4.78, 5) is 4.02. The molecule has 3 rings (SSSR count). The second kappa shape index (κ2) is 4.64.